The molecule has 0 heterocycles. The number of nitrogens with zero attached hydrogens (tertiary/aromatic N) is 1. The highest BCUT2D eigenvalue weighted by molar-refractivity contribution is 14.1. The second kappa shape index (κ2) is 11.5. The van der Waals surface area contributed by atoms with Crippen LogP contribution < -0.4 is 5.32 Å². The van der Waals surface area contributed by atoms with Crippen LogP contribution in [0.1, 0.15) is 11.1 Å². The Morgan fingerprint density at radius 3 is 1.89 bits per heavy atom. The Labute approximate surface area is 233 Å². The Bertz CT molecular complexity index is 1460. The zero-order valence-corrected chi connectivity index (χ0v) is 24.0. The minimum atomic E-state index is -3.27. The fraction of sp³-hybridized carbons (Fsp3) is 0.0357. The maximum atomic E-state index is 11.9. The molecule has 0 aliphatic rings. The Hall–Kier alpha value is -2.50. The van der Waals surface area contributed by atoms with Crippen LogP contribution in [0.15, 0.2) is 119 Å². The lowest BCUT2D eigenvalue weighted by Crippen LogP contribution is -2.05. The molecule has 0 atom stereocenters. The SMILES string of the molecule is CS(=O)(=O)c1ccc(N=C(/C=C(\Nc2ccc(I)cc2)c2ccccc2)c2ccc(I)cc2)cc1. The molecule has 0 fully saturated rings. The molecule has 4 aromatic carbocycles. The summed E-state index contributed by atoms with van der Waals surface area (Å²) in [7, 11) is -3.27. The molecule has 176 valence electrons. The smallest absolute Gasteiger partial charge is 0.175 e. The van der Waals surface area contributed by atoms with Crippen LogP contribution in [0.5, 0.6) is 0 Å². The molecule has 0 saturated carbocycles. The van der Waals surface area contributed by atoms with Gasteiger partial charge < -0.3 is 5.32 Å². The summed E-state index contributed by atoms with van der Waals surface area (Å²) in [4.78, 5) is 5.18. The van der Waals surface area contributed by atoms with Crippen LogP contribution >= 0.6 is 45.2 Å². The van der Waals surface area contributed by atoms with E-state index in [9.17, 15) is 8.42 Å². The van der Waals surface area contributed by atoms with Crippen LogP contribution in [0, 0.1) is 7.14 Å². The maximum Gasteiger partial charge on any atom is 0.175 e. The van der Waals surface area contributed by atoms with E-state index in [1.54, 1.807) is 24.3 Å². The molecular formula is C28H22I2N2O2S. The highest BCUT2D eigenvalue weighted by atomic mass is 127. The van der Waals surface area contributed by atoms with E-state index in [2.05, 4.69) is 74.8 Å². The monoisotopic (exact) mass is 704 g/mol. The van der Waals surface area contributed by atoms with Crippen molar-refractivity contribution in [2.24, 2.45) is 4.99 Å². The van der Waals surface area contributed by atoms with Crippen molar-refractivity contribution in [1.82, 2.24) is 0 Å². The summed E-state index contributed by atoms with van der Waals surface area (Å²) in [6.45, 7) is 0. The first-order chi connectivity index (χ1) is 16.8. The van der Waals surface area contributed by atoms with E-state index in [-0.39, 0.29) is 4.90 Å². The molecule has 0 aromatic heterocycles. The fourth-order valence-corrected chi connectivity index (χ4v) is 4.69. The van der Waals surface area contributed by atoms with Crippen molar-refractivity contribution >= 4 is 77.8 Å². The Kier molecular flexibility index (Phi) is 8.40. The summed E-state index contributed by atoms with van der Waals surface area (Å²) >= 11 is 4.57. The van der Waals surface area contributed by atoms with Gasteiger partial charge in [0, 0.05) is 30.3 Å². The minimum absolute atomic E-state index is 0.271. The van der Waals surface area contributed by atoms with Gasteiger partial charge in [-0.05, 0) is 117 Å². The van der Waals surface area contributed by atoms with Crippen LogP contribution in [0.3, 0.4) is 0 Å². The number of halogens is 2. The van der Waals surface area contributed by atoms with Gasteiger partial charge in [0.25, 0.3) is 0 Å². The molecule has 7 heteroatoms. The number of rotatable bonds is 7. The summed E-state index contributed by atoms with van der Waals surface area (Å²) in [5.41, 5.74) is 5.28. The third-order valence-corrected chi connectivity index (χ3v) is 7.71. The zero-order valence-electron chi connectivity index (χ0n) is 18.8. The van der Waals surface area contributed by atoms with Gasteiger partial charge in [0.15, 0.2) is 9.84 Å². The predicted molar refractivity (Wildman–Crippen MR) is 162 cm³/mol. The van der Waals surface area contributed by atoms with Gasteiger partial charge in [0.2, 0.25) is 0 Å². The lowest BCUT2D eigenvalue weighted by atomic mass is 10.1. The Morgan fingerprint density at radius 2 is 1.31 bits per heavy atom. The minimum Gasteiger partial charge on any atom is -0.355 e. The van der Waals surface area contributed by atoms with Gasteiger partial charge in [-0.2, -0.15) is 0 Å². The van der Waals surface area contributed by atoms with Gasteiger partial charge in [0.1, 0.15) is 0 Å². The second-order valence-electron chi connectivity index (χ2n) is 7.83. The number of allylic oxidation sites excluding steroid dienone is 1. The van der Waals surface area contributed by atoms with Crippen LogP contribution in [-0.2, 0) is 9.84 Å². The van der Waals surface area contributed by atoms with Gasteiger partial charge in [0.05, 0.1) is 16.3 Å². The fourth-order valence-electron chi connectivity index (χ4n) is 3.34. The first-order valence-corrected chi connectivity index (χ1v) is 14.8. The largest absolute Gasteiger partial charge is 0.355 e. The summed E-state index contributed by atoms with van der Waals surface area (Å²) in [6.07, 6.45) is 3.23. The van der Waals surface area contributed by atoms with E-state index >= 15 is 0 Å². The van der Waals surface area contributed by atoms with Gasteiger partial charge in [-0.25, -0.2) is 13.4 Å². The molecule has 35 heavy (non-hydrogen) atoms. The van der Waals surface area contributed by atoms with Crippen molar-refractivity contribution in [2.75, 3.05) is 11.6 Å². The quantitative estimate of drug-likeness (QED) is 0.160. The molecule has 4 rings (SSSR count). The number of sulfone groups is 1. The van der Waals surface area contributed by atoms with E-state index in [0.717, 1.165) is 35.4 Å². The van der Waals surface area contributed by atoms with E-state index in [0.29, 0.717) is 5.69 Å². The molecule has 0 bridgehead atoms. The van der Waals surface area contributed by atoms with Gasteiger partial charge in [-0.15, -0.1) is 0 Å². The second-order valence-corrected chi connectivity index (χ2v) is 12.3. The van der Waals surface area contributed by atoms with Gasteiger partial charge >= 0.3 is 0 Å². The standard InChI is InChI=1S/C28H22I2N2O2S/c1-35(33,34)26-17-15-25(16-18-26)32-28(21-7-9-22(29)10-8-21)19-27(20-5-3-2-4-6-20)31-24-13-11-23(30)12-14-24/h2-19,31H,1H3/b27-19-,32-28?. The zero-order chi connectivity index (χ0) is 24.8. The summed E-state index contributed by atoms with van der Waals surface area (Å²) < 4.78 is 26.0. The number of nitrogens with one attached hydrogen (secondary N) is 1. The molecule has 4 aromatic rings. The maximum absolute atomic E-state index is 11.9. The van der Waals surface area contributed by atoms with Crippen LogP contribution in [0.25, 0.3) is 5.70 Å². The van der Waals surface area contributed by atoms with E-state index in [1.807, 2.05) is 60.7 Å². The average Bonchev–Trinajstić information content (AvgIpc) is 2.85. The molecular weight excluding hydrogens is 682 g/mol. The first-order valence-electron chi connectivity index (χ1n) is 10.7. The highest BCUT2D eigenvalue weighted by Crippen LogP contribution is 2.23. The third-order valence-electron chi connectivity index (χ3n) is 5.14. The summed E-state index contributed by atoms with van der Waals surface area (Å²) in [5.74, 6) is 0. The lowest BCUT2D eigenvalue weighted by Gasteiger charge is -2.13. The number of hydrogen-bond acceptors (Lipinski definition) is 4. The average molecular weight is 704 g/mol. The van der Waals surface area contributed by atoms with Crippen LogP contribution in [-0.4, -0.2) is 20.4 Å². The molecule has 4 nitrogen and oxygen atoms in total. The predicted octanol–water partition coefficient (Wildman–Crippen LogP) is 7.57. The van der Waals surface area contributed by atoms with Crippen LogP contribution in [0.2, 0.25) is 0 Å². The highest BCUT2D eigenvalue weighted by Gasteiger charge is 2.10. The number of benzene rings is 4. The van der Waals surface area contributed by atoms with Gasteiger partial charge in [-0.1, -0.05) is 42.5 Å². The van der Waals surface area contributed by atoms with Crippen molar-refractivity contribution in [3.05, 3.63) is 127 Å². The van der Waals surface area contributed by atoms with E-state index < -0.39 is 9.84 Å². The normalized spacial score (nSPS) is 12.4. The van der Waals surface area contributed by atoms with Crippen LogP contribution in [0.4, 0.5) is 11.4 Å². The number of aliphatic imine (C=N–C) groups is 1. The Morgan fingerprint density at radius 1 is 0.743 bits per heavy atom. The van der Waals surface area contributed by atoms with Crippen molar-refractivity contribution in [3.8, 4) is 0 Å². The molecule has 0 saturated heterocycles. The lowest BCUT2D eigenvalue weighted by molar-refractivity contribution is 0.602. The first kappa shape index (κ1) is 25.6. The molecule has 0 aliphatic heterocycles. The molecule has 0 unspecified atom stereocenters. The Balaban J connectivity index is 1.83. The van der Waals surface area contributed by atoms with Crippen molar-refractivity contribution in [3.63, 3.8) is 0 Å². The molecule has 1 N–H and O–H groups in total. The van der Waals surface area contributed by atoms with Crippen molar-refractivity contribution in [2.45, 2.75) is 4.90 Å². The molecule has 0 amide bonds. The summed E-state index contributed by atoms with van der Waals surface area (Å²) in [5, 5.41) is 3.55. The molecule has 0 radical (unpaired) electrons. The number of anilines is 1. The van der Waals surface area contributed by atoms with Crippen molar-refractivity contribution < 1.29 is 8.42 Å². The third kappa shape index (κ3) is 7.25. The number of hydrogen-bond donors (Lipinski definition) is 1. The van der Waals surface area contributed by atoms with Crippen molar-refractivity contribution in [1.29, 1.82) is 0 Å². The topological polar surface area (TPSA) is 58.5 Å². The van der Waals surface area contributed by atoms with E-state index in [4.69, 9.17) is 4.99 Å². The van der Waals surface area contributed by atoms with E-state index in [1.165, 1.54) is 6.26 Å². The molecule has 0 aliphatic carbocycles. The van der Waals surface area contributed by atoms with Gasteiger partial charge in [-0.3, -0.25) is 0 Å². The molecule has 0 spiro atoms. The summed E-state index contributed by atoms with van der Waals surface area (Å²) in [6, 6.07) is 33.1.